The van der Waals surface area contributed by atoms with Crippen LogP contribution >= 0.6 is 0 Å². The van der Waals surface area contributed by atoms with Gasteiger partial charge in [0.25, 0.3) is 5.91 Å². The Morgan fingerprint density at radius 2 is 2.06 bits per heavy atom. The molecule has 0 saturated heterocycles. The van der Waals surface area contributed by atoms with Crippen molar-refractivity contribution in [3.05, 3.63) is 35.6 Å². The molecule has 0 aromatic heterocycles. The summed E-state index contributed by atoms with van der Waals surface area (Å²) in [5.41, 5.74) is 5.89. The molecule has 0 radical (unpaired) electrons. The van der Waals surface area contributed by atoms with Crippen LogP contribution in [-0.2, 0) is 0 Å². The third-order valence-corrected chi connectivity index (χ3v) is 2.42. The summed E-state index contributed by atoms with van der Waals surface area (Å²) in [6.07, 6.45) is 0.831. The zero-order chi connectivity index (χ0) is 12.8. The fourth-order valence-corrected chi connectivity index (χ4v) is 1.65. The van der Waals surface area contributed by atoms with Gasteiger partial charge in [0.1, 0.15) is 5.82 Å². The zero-order valence-electron chi connectivity index (χ0n) is 10.2. The van der Waals surface area contributed by atoms with Gasteiger partial charge in [0.2, 0.25) is 0 Å². The number of carbonyl (C=O) groups is 1. The van der Waals surface area contributed by atoms with Crippen LogP contribution in [0.1, 0.15) is 30.6 Å². The van der Waals surface area contributed by atoms with Crippen molar-refractivity contribution in [2.45, 2.75) is 26.3 Å². The van der Waals surface area contributed by atoms with Crippen LogP contribution in [0.5, 0.6) is 0 Å². The fourth-order valence-electron chi connectivity index (χ4n) is 1.65. The van der Waals surface area contributed by atoms with Crippen molar-refractivity contribution in [1.29, 1.82) is 0 Å². The minimum Gasteiger partial charge on any atom is -0.350 e. The molecule has 1 aromatic carbocycles. The molecule has 17 heavy (non-hydrogen) atoms. The molecular formula is C13H19FN2O. The van der Waals surface area contributed by atoms with Crippen LogP contribution in [0.25, 0.3) is 0 Å². The first-order valence-electron chi connectivity index (χ1n) is 5.79. The Morgan fingerprint density at radius 1 is 1.41 bits per heavy atom. The van der Waals surface area contributed by atoms with Gasteiger partial charge in [-0.3, -0.25) is 4.79 Å². The van der Waals surface area contributed by atoms with E-state index in [1.165, 1.54) is 12.1 Å². The van der Waals surface area contributed by atoms with Crippen LogP contribution < -0.4 is 11.1 Å². The Labute approximate surface area is 101 Å². The lowest BCUT2D eigenvalue weighted by atomic mass is 10.0. The Morgan fingerprint density at radius 3 is 2.65 bits per heavy atom. The molecule has 4 heteroatoms. The summed E-state index contributed by atoms with van der Waals surface area (Å²) in [5, 5.41) is 2.64. The zero-order valence-corrected chi connectivity index (χ0v) is 10.2. The molecule has 1 rings (SSSR count). The first-order valence-corrected chi connectivity index (χ1v) is 5.79. The van der Waals surface area contributed by atoms with Crippen LogP contribution in [0.15, 0.2) is 24.3 Å². The van der Waals surface area contributed by atoms with E-state index in [2.05, 4.69) is 19.2 Å². The van der Waals surface area contributed by atoms with Crippen LogP contribution in [0.2, 0.25) is 0 Å². The molecule has 0 aliphatic heterocycles. The number of hydrogen-bond donors (Lipinski definition) is 2. The summed E-state index contributed by atoms with van der Waals surface area (Å²) >= 11 is 0. The molecule has 1 atom stereocenters. The van der Waals surface area contributed by atoms with Crippen molar-refractivity contribution < 1.29 is 9.18 Å². The van der Waals surface area contributed by atoms with Gasteiger partial charge >= 0.3 is 0 Å². The summed E-state index contributed by atoms with van der Waals surface area (Å²) in [6.45, 7) is 4.50. The van der Waals surface area contributed by atoms with E-state index in [4.69, 9.17) is 5.73 Å². The molecule has 1 unspecified atom stereocenters. The maximum absolute atomic E-state index is 13.3. The van der Waals surface area contributed by atoms with Gasteiger partial charge in [0.05, 0.1) is 5.56 Å². The summed E-state index contributed by atoms with van der Waals surface area (Å²) in [5.74, 6) is -0.444. The lowest BCUT2D eigenvalue weighted by molar-refractivity contribution is 0.0946. The second-order valence-electron chi connectivity index (χ2n) is 4.58. The van der Waals surface area contributed by atoms with Crippen LogP contribution in [0.3, 0.4) is 0 Å². The third-order valence-electron chi connectivity index (χ3n) is 2.42. The molecule has 3 nitrogen and oxygen atoms in total. The van der Waals surface area contributed by atoms with E-state index >= 15 is 0 Å². The maximum Gasteiger partial charge on any atom is 0.254 e. The topological polar surface area (TPSA) is 55.1 Å². The number of halogens is 1. The Hall–Kier alpha value is -1.42. The van der Waals surface area contributed by atoms with Gasteiger partial charge in [-0.25, -0.2) is 4.39 Å². The summed E-state index contributed by atoms with van der Waals surface area (Å²) in [7, 11) is 0. The van der Waals surface area contributed by atoms with E-state index in [-0.39, 0.29) is 11.6 Å². The third kappa shape index (κ3) is 4.53. The molecule has 1 amide bonds. The Bertz CT molecular complexity index is 379. The van der Waals surface area contributed by atoms with Gasteiger partial charge < -0.3 is 11.1 Å². The average molecular weight is 238 g/mol. The molecule has 0 aliphatic rings. The van der Waals surface area contributed by atoms with Crippen molar-refractivity contribution >= 4 is 5.91 Å². The second-order valence-corrected chi connectivity index (χ2v) is 4.58. The van der Waals surface area contributed by atoms with Crippen LogP contribution in [-0.4, -0.2) is 18.5 Å². The van der Waals surface area contributed by atoms with E-state index in [1.54, 1.807) is 12.1 Å². The van der Waals surface area contributed by atoms with Crippen molar-refractivity contribution in [3.8, 4) is 0 Å². The van der Waals surface area contributed by atoms with E-state index < -0.39 is 11.7 Å². The lowest BCUT2D eigenvalue weighted by Crippen LogP contribution is -2.38. The van der Waals surface area contributed by atoms with Crippen molar-refractivity contribution in [2.75, 3.05) is 6.54 Å². The smallest absolute Gasteiger partial charge is 0.254 e. The molecule has 0 saturated carbocycles. The number of nitrogens with two attached hydrogens (primary N) is 1. The minimum absolute atomic E-state index is 0.0595. The minimum atomic E-state index is -0.512. The monoisotopic (exact) mass is 238 g/mol. The number of rotatable bonds is 5. The summed E-state index contributed by atoms with van der Waals surface area (Å²) in [4.78, 5) is 11.6. The number of carbonyl (C=O) groups excluding carboxylic acids is 1. The standard InChI is InChI=1S/C13H19FN2O/c1-9(2)7-10(15)8-16-13(17)11-5-3-4-6-12(11)14/h3-6,9-10H,7-8,15H2,1-2H3,(H,16,17). The molecule has 1 aromatic rings. The molecule has 0 aliphatic carbocycles. The van der Waals surface area contributed by atoms with Gasteiger partial charge in [-0.1, -0.05) is 26.0 Å². The quantitative estimate of drug-likeness (QED) is 0.823. The van der Waals surface area contributed by atoms with Gasteiger partial charge in [0.15, 0.2) is 0 Å². The number of nitrogens with one attached hydrogen (secondary N) is 1. The van der Waals surface area contributed by atoms with Gasteiger partial charge in [-0.15, -0.1) is 0 Å². The molecule has 0 bridgehead atoms. The van der Waals surface area contributed by atoms with Gasteiger partial charge in [-0.05, 0) is 24.5 Å². The highest BCUT2D eigenvalue weighted by molar-refractivity contribution is 5.94. The average Bonchev–Trinajstić information content (AvgIpc) is 2.25. The molecule has 0 heterocycles. The van der Waals surface area contributed by atoms with E-state index in [9.17, 15) is 9.18 Å². The van der Waals surface area contributed by atoms with E-state index in [0.29, 0.717) is 12.5 Å². The maximum atomic E-state index is 13.3. The summed E-state index contributed by atoms with van der Waals surface area (Å²) < 4.78 is 13.3. The Balaban J connectivity index is 2.48. The first-order chi connectivity index (χ1) is 8.00. The van der Waals surface area contributed by atoms with Gasteiger partial charge in [0, 0.05) is 12.6 Å². The molecular weight excluding hydrogens is 219 g/mol. The largest absolute Gasteiger partial charge is 0.350 e. The highest BCUT2D eigenvalue weighted by Gasteiger charge is 2.12. The second kappa shape index (κ2) is 6.35. The van der Waals surface area contributed by atoms with Gasteiger partial charge in [-0.2, -0.15) is 0 Å². The summed E-state index contributed by atoms with van der Waals surface area (Å²) in [6, 6.07) is 5.82. The van der Waals surface area contributed by atoms with E-state index in [0.717, 1.165) is 6.42 Å². The molecule has 0 spiro atoms. The Kier molecular flexibility index (Phi) is 5.10. The normalized spacial score (nSPS) is 12.5. The van der Waals surface area contributed by atoms with Crippen LogP contribution in [0.4, 0.5) is 4.39 Å². The lowest BCUT2D eigenvalue weighted by Gasteiger charge is -2.14. The fraction of sp³-hybridized carbons (Fsp3) is 0.462. The number of amides is 1. The predicted molar refractivity (Wildman–Crippen MR) is 66.2 cm³/mol. The SMILES string of the molecule is CC(C)CC(N)CNC(=O)c1ccccc1F. The molecule has 0 fully saturated rings. The predicted octanol–water partition coefficient (Wildman–Crippen LogP) is 1.93. The van der Waals surface area contributed by atoms with E-state index in [1.807, 2.05) is 0 Å². The van der Waals surface area contributed by atoms with Crippen molar-refractivity contribution in [3.63, 3.8) is 0 Å². The molecule has 3 N–H and O–H groups in total. The number of hydrogen-bond acceptors (Lipinski definition) is 2. The van der Waals surface area contributed by atoms with Crippen LogP contribution in [0, 0.1) is 11.7 Å². The highest BCUT2D eigenvalue weighted by Crippen LogP contribution is 2.06. The highest BCUT2D eigenvalue weighted by atomic mass is 19.1. The number of benzene rings is 1. The molecule has 94 valence electrons. The van der Waals surface area contributed by atoms with Crippen molar-refractivity contribution in [2.24, 2.45) is 11.7 Å². The van der Waals surface area contributed by atoms with Crippen molar-refractivity contribution in [1.82, 2.24) is 5.32 Å². The first kappa shape index (κ1) is 13.6.